The van der Waals surface area contributed by atoms with E-state index in [1.54, 1.807) is 17.0 Å². The maximum absolute atomic E-state index is 12.2. The number of rotatable bonds is 3. The van der Waals surface area contributed by atoms with Crippen LogP contribution in [0, 0.1) is 0 Å². The number of hydrogen-bond acceptors (Lipinski definition) is 3. The largest absolute Gasteiger partial charge is 0.508 e. The van der Waals surface area contributed by atoms with Crippen LogP contribution in [-0.2, 0) is 11.3 Å². The Morgan fingerprint density at radius 1 is 1.26 bits per heavy atom. The third-order valence-corrected chi connectivity index (χ3v) is 4.49. The molecule has 1 atom stereocenters. The first-order valence-corrected chi connectivity index (χ1v) is 8.36. The number of phenolic OH excluding ortho intramolecular Hbond substituents is 1. The van der Waals surface area contributed by atoms with Crippen LogP contribution in [-0.4, -0.2) is 29.2 Å². The highest BCUT2D eigenvalue weighted by molar-refractivity contribution is 9.10. The molecule has 1 saturated heterocycles. The quantitative estimate of drug-likeness (QED) is 0.870. The lowest BCUT2D eigenvalue weighted by atomic mass is 9.98. The van der Waals surface area contributed by atoms with Crippen molar-refractivity contribution in [2.24, 2.45) is 0 Å². The van der Waals surface area contributed by atoms with E-state index in [1.807, 2.05) is 36.4 Å². The summed E-state index contributed by atoms with van der Waals surface area (Å²) in [5, 5.41) is 9.70. The number of benzene rings is 2. The Morgan fingerprint density at radius 3 is 2.78 bits per heavy atom. The van der Waals surface area contributed by atoms with Crippen molar-refractivity contribution in [3.05, 3.63) is 64.1 Å². The molecule has 0 saturated carbocycles. The SMILES string of the molecule is O=C(OCc1ccccc1)N1CCC(c2cc(O)cc(Br)c2)C1. The summed E-state index contributed by atoms with van der Waals surface area (Å²) >= 11 is 3.39. The molecule has 5 heteroatoms. The molecule has 1 N–H and O–H groups in total. The predicted octanol–water partition coefficient (Wildman–Crippen LogP) is 4.28. The Bertz CT molecular complexity index is 670. The van der Waals surface area contributed by atoms with Crippen LogP contribution in [0.3, 0.4) is 0 Å². The van der Waals surface area contributed by atoms with Crippen LogP contribution in [0.5, 0.6) is 5.75 Å². The lowest BCUT2D eigenvalue weighted by molar-refractivity contribution is 0.104. The minimum atomic E-state index is -0.282. The molecule has 0 spiro atoms. The van der Waals surface area contributed by atoms with Crippen LogP contribution in [0.2, 0.25) is 0 Å². The molecule has 0 aliphatic carbocycles. The van der Waals surface area contributed by atoms with Gasteiger partial charge in [0.1, 0.15) is 12.4 Å². The van der Waals surface area contributed by atoms with E-state index in [0.29, 0.717) is 19.7 Å². The summed E-state index contributed by atoms with van der Waals surface area (Å²) in [7, 11) is 0. The molecule has 1 amide bonds. The summed E-state index contributed by atoms with van der Waals surface area (Å²) in [5.41, 5.74) is 2.02. The standard InChI is InChI=1S/C18H18BrNO3/c19-16-8-15(9-17(21)10-16)14-6-7-20(11-14)18(22)23-12-13-4-2-1-3-5-13/h1-5,8-10,14,21H,6-7,11-12H2. The molecule has 0 bridgehead atoms. The monoisotopic (exact) mass is 375 g/mol. The molecule has 1 unspecified atom stereocenters. The third-order valence-electron chi connectivity index (χ3n) is 4.03. The van der Waals surface area contributed by atoms with Gasteiger partial charge in [0, 0.05) is 23.5 Å². The van der Waals surface area contributed by atoms with Crippen molar-refractivity contribution in [3.8, 4) is 5.75 Å². The smallest absolute Gasteiger partial charge is 0.410 e. The highest BCUT2D eigenvalue weighted by Gasteiger charge is 2.28. The second-order valence-electron chi connectivity index (χ2n) is 5.71. The van der Waals surface area contributed by atoms with Crippen LogP contribution in [0.4, 0.5) is 4.79 Å². The maximum Gasteiger partial charge on any atom is 0.410 e. The van der Waals surface area contributed by atoms with E-state index in [4.69, 9.17) is 4.74 Å². The zero-order valence-electron chi connectivity index (χ0n) is 12.6. The van der Waals surface area contributed by atoms with Crippen molar-refractivity contribution in [1.82, 2.24) is 4.90 Å². The number of amides is 1. The number of aromatic hydroxyl groups is 1. The minimum absolute atomic E-state index is 0.225. The molecule has 1 aliphatic rings. The van der Waals surface area contributed by atoms with Gasteiger partial charge in [0.15, 0.2) is 0 Å². The van der Waals surface area contributed by atoms with E-state index in [1.165, 1.54) is 0 Å². The Kier molecular flexibility index (Phi) is 4.86. The van der Waals surface area contributed by atoms with Gasteiger partial charge in [-0.3, -0.25) is 0 Å². The fourth-order valence-electron chi connectivity index (χ4n) is 2.84. The molecule has 1 aliphatic heterocycles. The van der Waals surface area contributed by atoms with Gasteiger partial charge >= 0.3 is 6.09 Å². The molecular formula is C18H18BrNO3. The molecular weight excluding hydrogens is 358 g/mol. The minimum Gasteiger partial charge on any atom is -0.508 e. The van der Waals surface area contributed by atoms with E-state index in [2.05, 4.69) is 15.9 Å². The average molecular weight is 376 g/mol. The lowest BCUT2D eigenvalue weighted by Crippen LogP contribution is -2.29. The summed E-state index contributed by atoms with van der Waals surface area (Å²) < 4.78 is 6.22. The second-order valence-corrected chi connectivity index (χ2v) is 6.63. The van der Waals surface area contributed by atoms with Gasteiger partial charge in [-0.05, 0) is 35.7 Å². The Labute approximate surface area is 143 Å². The number of nitrogens with zero attached hydrogens (tertiary/aromatic N) is 1. The van der Waals surface area contributed by atoms with Gasteiger partial charge in [-0.2, -0.15) is 0 Å². The van der Waals surface area contributed by atoms with Crippen molar-refractivity contribution < 1.29 is 14.6 Å². The van der Waals surface area contributed by atoms with E-state index >= 15 is 0 Å². The maximum atomic E-state index is 12.2. The zero-order valence-corrected chi connectivity index (χ0v) is 14.2. The fourth-order valence-corrected chi connectivity index (χ4v) is 3.34. The van der Waals surface area contributed by atoms with E-state index in [0.717, 1.165) is 22.0 Å². The van der Waals surface area contributed by atoms with Gasteiger partial charge < -0.3 is 14.7 Å². The van der Waals surface area contributed by atoms with Gasteiger partial charge in [-0.25, -0.2) is 4.79 Å². The summed E-state index contributed by atoms with van der Waals surface area (Å²) in [6.45, 7) is 1.58. The fraction of sp³-hybridized carbons (Fsp3) is 0.278. The summed E-state index contributed by atoms with van der Waals surface area (Å²) in [4.78, 5) is 13.9. The molecule has 1 fully saturated rings. The average Bonchev–Trinajstić information content (AvgIpc) is 3.03. The van der Waals surface area contributed by atoms with Gasteiger partial charge in [-0.15, -0.1) is 0 Å². The number of carbonyl (C=O) groups excluding carboxylic acids is 1. The van der Waals surface area contributed by atoms with Crippen molar-refractivity contribution in [3.63, 3.8) is 0 Å². The lowest BCUT2D eigenvalue weighted by Gasteiger charge is -2.17. The number of halogens is 1. The molecule has 3 rings (SSSR count). The van der Waals surface area contributed by atoms with Crippen molar-refractivity contribution in [2.45, 2.75) is 18.9 Å². The van der Waals surface area contributed by atoms with Crippen LogP contribution >= 0.6 is 15.9 Å². The molecule has 0 radical (unpaired) electrons. The van der Waals surface area contributed by atoms with Crippen LogP contribution in [0.1, 0.15) is 23.5 Å². The Morgan fingerprint density at radius 2 is 2.04 bits per heavy atom. The number of ether oxygens (including phenoxy) is 1. The van der Waals surface area contributed by atoms with Crippen LogP contribution < -0.4 is 0 Å². The highest BCUT2D eigenvalue weighted by Crippen LogP contribution is 2.32. The molecule has 23 heavy (non-hydrogen) atoms. The first-order chi connectivity index (χ1) is 11.1. The predicted molar refractivity (Wildman–Crippen MR) is 91.4 cm³/mol. The van der Waals surface area contributed by atoms with E-state index in [9.17, 15) is 9.90 Å². The van der Waals surface area contributed by atoms with Gasteiger partial charge in [-0.1, -0.05) is 46.3 Å². The molecule has 0 aromatic heterocycles. The number of phenols is 1. The summed E-state index contributed by atoms with van der Waals surface area (Å²) in [5.74, 6) is 0.460. The molecule has 2 aromatic carbocycles. The molecule has 120 valence electrons. The van der Waals surface area contributed by atoms with E-state index in [-0.39, 0.29) is 17.8 Å². The van der Waals surface area contributed by atoms with Gasteiger partial charge in [0.25, 0.3) is 0 Å². The van der Waals surface area contributed by atoms with Crippen LogP contribution in [0.25, 0.3) is 0 Å². The normalized spacial score (nSPS) is 17.3. The van der Waals surface area contributed by atoms with Crippen molar-refractivity contribution in [1.29, 1.82) is 0 Å². The Hall–Kier alpha value is -2.01. The van der Waals surface area contributed by atoms with Crippen LogP contribution in [0.15, 0.2) is 53.0 Å². The van der Waals surface area contributed by atoms with Crippen molar-refractivity contribution >= 4 is 22.0 Å². The van der Waals surface area contributed by atoms with E-state index < -0.39 is 0 Å². The highest BCUT2D eigenvalue weighted by atomic mass is 79.9. The summed E-state index contributed by atoms with van der Waals surface area (Å²) in [6, 6.07) is 15.1. The first-order valence-electron chi connectivity index (χ1n) is 7.57. The first kappa shape index (κ1) is 15.9. The zero-order chi connectivity index (χ0) is 16.2. The third kappa shape index (κ3) is 4.05. The van der Waals surface area contributed by atoms with Crippen molar-refractivity contribution in [2.75, 3.05) is 13.1 Å². The van der Waals surface area contributed by atoms with Gasteiger partial charge in [0.05, 0.1) is 0 Å². The van der Waals surface area contributed by atoms with Gasteiger partial charge in [0.2, 0.25) is 0 Å². The Balaban J connectivity index is 1.57. The molecule has 2 aromatic rings. The number of carbonyl (C=O) groups is 1. The summed E-state index contributed by atoms with van der Waals surface area (Å²) in [6.07, 6.45) is 0.589. The molecule has 4 nitrogen and oxygen atoms in total. The topological polar surface area (TPSA) is 49.8 Å². The molecule has 1 heterocycles. The number of hydrogen-bond donors (Lipinski definition) is 1. The number of likely N-dealkylation sites (tertiary alicyclic amines) is 1. The second kappa shape index (κ2) is 7.04.